The van der Waals surface area contributed by atoms with Gasteiger partial charge in [-0.3, -0.25) is 0 Å². The quantitative estimate of drug-likeness (QED) is 0.584. The van der Waals surface area contributed by atoms with Crippen molar-refractivity contribution in [3.8, 4) is 0 Å². The number of hydrogen-bond acceptors (Lipinski definition) is 1. The Labute approximate surface area is 78.8 Å². The molecule has 0 N–H and O–H groups in total. The van der Waals surface area contributed by atoms with E-state index in [1.165, 1.54) is 6.42 Å². The Morgan fingerprint density at radius 3 is 1.83 bits per heavy atom. The first-order chi connectivity index (χ1) is 5.29. The van der Waals surface area contributed by atoms with Gasteiger partial charge in [-0.1, -0.05) is 27.6 Å². The molecule has 0 aromatic rings. The van der Waals surface area contributed by atoms with Crippen molar-refractivity contribution < 1.29 is 0 Å². The van der Waals surface area contributed by atoms with E-state index in [4.69, 9.17) is 0 Å². The van der Waals surface area contributed by atoms with Gasteiger partial charge in [-0.2, -0.15) is 0 Å². The van der Waals surface area contributed by atoms with Gasteiger partial charge < -0.3 is 4.81 Å². The van der Waals surface area contributed by atoms with E-state index in [9.17, 15) is 0 Å². The maximum Gasteiger partial charge on any atom is 0.201 e. The molecule has 2 heteroatoms. The molecule has 72 valence electrons. The first-order valence-electron chi connectivity index (χ1n) is 5.00. The second-order valence-corrected chi connectivity index (χ2v) is 4.81. The van der Waals surface area contributed by atoms with Crippen molar-refractivity contribution in [1.82, 2.24) is 4.81 Å². The van der Waals surface area contributed by atoms with E-state index in [2.05, 4.69) is 53.3 Å². The molecule has 0 aliphatic heterocycles. The number of nitrogens with zero attached hydrogens (tertiary/aromatic N) is 1. The summed E-state index contributed by atoms with van der Waals surface area (Å²) in [7, 11) is 3.33. The smallest absolute Gasteiger partial charge is 0.201 e. The lowest BCUT2D eigenvalue weighted by molar-refractivity contribution is 0.0864. The Morgan fingerprint density at radius 2 is 1.58 bits per heavy atom. The minimum Gasteiger partial charge on any atom is -0.343 e. The van der Waals surface area contributed by atoms with Crippen LogP contribution >= 0.6 is 0 Å². The van der Waals surface area contributed by atoms with Gasteiger partial charge in [-0.25, -0.2) is 0 Å². The highest BCUT2D eigenvalue weighted by Crippen LogP contribution is 2.37. The van der Waals surface area contributed by atoms with Crippen LogP contribution in [0.25, 0.3) is 0 Å². The topological polar surface area (TPSA) is 3.24 Å². The summed E-state index contributed by atoms with van der Waals surface area (Å²) in [6, 6.07) is 0. The van der Waals surface area contributed by atoms with Gasteiger partial charge in [0.15, 0.2) is 0 Å². The predicted molar refractivity (Wildman–Crippen MR) is 58.9 cm³/mol. The van der Waals surface area contributed by atoms with E-state index in [0.717, 1.165) is 7.41 Å². The van der Waals surface area contributed by atoms with Gasteiger partial charge >= 0.3 is 0 Å². The third-order valence-electron chi connectivity index (χ3n) is 3.97. The molecule has 0 rings (SSSR count). The summed E-state index contributed by atoms with van der Waals surface area (Å²) in [4.78, 5) is 2.43. The highest BCUT2D eigenvalue weighted by molar-refractivity contribution is 6.30. The number of hydrogen-bond donors (Lipinski definition) is 0. The third-order valence-corrected chi connectivity index (χ3v) is 3.97. The largest absolute Gasteiger partial charge is 0.343 e. The zero-order valence-electron chi connectivity index (χ0n) is 9.86. The first kappa shape index (κ1) is 12.0. The van der Waals surface area contributed by atoms with Crippen LogP contribution in [0.3, 0.4) is 0 Å². The summed E-state index contributed by atoms with van der Waals surface area (Å²) in [5.74, 6) is 0. The maximum atomic E-state index is 2.43. The SMILES string of the molecule is CBN(C)C(C)(C)C(C)(C)CC. The summed E-state index contributed by atoms with van der Waals surface area (Å²) in [5, 5.41) is 0. The van der Waals surface area contributed by atoms with Gasteiger partial charge in [0.25, 0.3) is 0 Å². The van der Waals surface area contributed by atoms with Crippen LogP contribution in [0.5, 0.6) is 0 Å². The molecule has 0 saturated carbocycles. The standard InChI is InChI=1S/C10H24BN/c1-8-9(2,3)10(4,5)12(7)11-6/h11H,8H2,1-7H3. The van der Waals surface area contributed by atoms with E-state index in [0.29, 0.717) is 5.41 Å². The second kappa shape index (κ2) is 3.82. The fourth-order valence-corrected chi connectivity index (χ4v) is 1.34. The molecule has 0 amide bonds. The molecule has 0 unspecified atom stereocenters. The molecule has 0 aromatic carbocycles. The summed E-state index contributed by atoms with van der Waals surface area (Å²) in [6.07, 6.45) is 1.23. The van der Waals surface area contributed by atoms with Crippen LogP contribution < -0.4 is 0 Å². The molecular weight excluding hydrogens is 145 g/mol. The van der Waals surface area contributed by atoms with E-state index >= 15 is 0 Å². The Morgan fingerprint density at radius 1 is 1.17 bits per heavy atom. The summed E-state index contributed by atoms with van der Waals surface area (Å²) in [5.41, 5.74) is 0.675. The molecule has 0 fully saturated rings. The zero-order chi connectivity index (χ0) is 9.99. The van der Waals surface area contributed by atoms with E-state index in [-0.39, 0.29) is 5.54 Å². The molecule has 12 heavy (non-hydrogen) atoms. The second-order valence-electron chi connectivity index (χ2n) is 4.81. The maximum absolute atomic E-state index is 2.43. The van der Waals surface area contributed by atoms with Gasteiger partial charge in [0.05, 0.1) is 0 Å². The van der Waals surface area contributed by atoms with Crippen molar-refractivity contribution in [3.63, 3.8) is 0 Å². The van der Waals surface area contributed by atoms with Crippen LogP contribution in [0.2, 0.25) is 6.82 Å². The summed E-state index contributed by atoms with van der Waals surface area (Å²) >= 11 is 0. The molecular formula is C10H24BN. The van der Waals surface area contributed by atoms with Crippen molar-refractivity contribution in [2.75, 3.05) is 7.05 Å². The van der Waals surface area contributed by atoms with Gasteiger partial charge in [-0.15, -0.1) is 0 Å². The Bertz CT molecular complexity index is 141. The highest BCUT2D eigenvalue weighted by atomic mass is 15.1. The molecule has 0 spiro atoms. The van der Waals surface area contributed by atoms with Crippen molar-refractivity contribution in [2.45, 2.75) is 53.4 Å². The van der Waals surface area contributed by atoms with Crippen molar-refractivity contribution >= 4 is 7.41 Å². The summed E-state index contributed by atoms with van der Waals surface area (Å²) < 4.78 is 0. The molecule has 0 atom stereocenters. The van der Waals surface area contributed by atoms with Gasteiger partial charge in [0, 0.05) is 5.54 Å². The Kier molecular flexibility index (Phi) is 3.83. The molecule has 0 heterocycles. The lowest BCUT2D eigenvalue weighted by Crippen LogP contribution is -2.52. The lowest BCUT2D eigenvalue weighted by atomic mass is 9.68. The molecule has 0 bridgehead atoms. The predicted octanol–water partition coefficient (Wildman–Crippen LogP) is 2.53. The van der Waals surface area contributed by atoms with Crippen molar-refractivity contribution in [1.29, 1.82) is 0 Å². The lowest BCUT2D eigenvalue weighted by Gasteiger charge is -2.47. The first-order valence-corrected chi connectivity index (χ1v) is 5.00. The Balaban J connectivity index is 4.58. The van der Waals surface area contributed by atoms with Crippen LogP contribution in [-0.4, -0.2) is 24.8 Å². The summed E-state index contributed by atoms with van der Waals surface area (Å²) in [6.45, 7) is 13.8. The van der Waals surface area contributed by atoms with E-state index in [1.807, 2.05) is 0 Å². The third kappa shape index (κ3) is 2.04. The van der Waals surface area contributed by atoms with Crippen LogP contribution in [0.1, 0.15) is 41.0 Å². The minimum absolute atomic E-state index is 0.288. The van der Waals surface area contributed by atoms with Crippen LogP contribution in [0.4, 0.5) is 0 Å². The zero-order valence-corrected chi connectivity index (χ0v) is 9.86. The Hall–Kier alpha value is 0.0249. The van der Waals surface area contributed by atoms with Crippen LogP contribution in [-0.2, 0) is 0 Å². The molecule has 0 saturated heterocycles. The molecule has 0 aliphatic rings. The average molecular weight is 169 g/mol. The van der Waals surface area contributed by atoms with Crippen molar-refractivity contribution in [3.05, 3.63) is 0 Å². The highest BCUT2D eigenvalue weighted by Gasteiger charge is 2.37. The van der Waals surface area contributed by atoms with Crippen molar-refractivity contribution in [2.24, 2.45) is 5.41 Å². The average Bonchev–Trinajstić information content (AvgIpc) is 2.02. The monoisotopic (exact) mass is 169 g/mol. The van der Waals surface area contributed by atoms with E-state index in [1.54, 1.807) is 0 Å². The molecule has 0 aromatic heterocycles. The van der Waals surface area contributed by atoms with Gasteiger partial charge in [0.1, 0.15) is 0 Å². The fourth-order valence-electron chi connectivity index (χ4n) is 1.34. The van der Waals surface area contributed by atoms with Crippen LogP contribution in [0.15, 0.2) is 0 Å². The molecule has 1 nitrogen and oxygen atoms in total. The van der Waals surface area contributed by atoms with Crippen LogP contribution in [0, 0.1) is 5.41 Å². The van der Waals surface area contributed by atoms with Gasteiger partial charge in [-0.05, 0) is 32.7 Å². The fraction of sp³-hybridized carbons (Fsp3) is 1.00. The van der Waals surface area contributed by atoms with E-state index < -0.39 is 0 Å². The molecule has 0 aliphatic carbocycles. The normalized spacial score (nSPS) is 13.7. The van der Waals surface area contributed by atoms with Gasteiger partial charge in [0.2, 0.25) is 7.41 Å². The number of rotatable bonds is 4. The molecule has 0 radical (unpaired) electrons. The minimum atomic E-state index is 0.288.